The summed E-state index contributed by atoms with van der Waals surface area (Å²) < 4.78 is 43.0. The third kappa shape index (κ3) is 6.28. The van der Waals surface area contributed by atoms with Crippen molar-refractivity contribution in [2.24, 2.45) is 0 Å². The average Bonchev–Trinajstić information content (AvgIpc) is 2.80. The van der Waals surface area contributed by atoms with Gasteiger partial charge in [0, 0.05) is 11.3 Å². The van der Waals surface area contributed by atoms with E-state index < -0.39 is 23.2 Å². The molecule has 0 bridgehead atoms. The number of thioether (sulfide) groups is 1. The highest BCUT2D eigenvalue weighted by molar-refractivity contribution is 7.99. The summed E-state index contributed by atoms with van der Waals surface area (Å²) in [6.07, 6.45) is -4.54. The Morgan fingerprint density at radius 2 is 1.74 bits per heavy atom. The molecule has 0 aliphatic heterocycles. The second-order valence-electron chi connectivity index (χ2n) is 6.73. The van der Waals surface area contributed by atoms with E-state index in [0.717, 1.165) is 36.0 Å². The number of H-pyrrole nitrogens is 1. The minimum Gasteiger partial charge on any atom is -0.497 e. The number of alkyl halides is 3. The van der Waals surface area contributed by atoms with E-state index in [9.17, 15) is 27.6 Å². The van der Waals surface area contributed by atoms with E-state index in [-0.39, 0.29) is 33.9 Å². The fourth-order valence-corrected chi connectivity index (χ4v) is 3.33. The number of methoxy groups -OCH3 is 1. The van der Waals surface area contributed by atoms with Crippen molar-refractivity contribution in [2.45, 2.75) is 11.3 Å². The van der Waals surface area contributed by atoms with Gasteiger partial charge < -0.3 is 21.1 Å². The van der Waals surface area contributed by atoms with Crippen molar-refractivity contribution in [1.29, 1.82) is 0 Å². The third-order valence-corrected chi connectivity index (χ3v) is 5.23. The minimum absolute atomic E-state index is 0.0416. The molecule has 13 heteroatoms. The Balaban J connectivity index is 1.62. The van der Waals surface area contributed by atoms with Crippen molar-refractivity contribution in [3.8, 4) is 5.75 Å². The molecule has 2 aromatic carbocycles. The van der Waals surface area contributed by atoms with Crippen molar-refractivity contribution in [3.05, 3.63) is 70.0 Å². The highest BCUT2D eigenvalue weighted by atomic mass is 32.2. The lowest BCUT2D eigenvalue weighted by Crippen LogP contribution is -2.23. The first-order valence-electron chi connectivity index (χ1n) is 9.52. The van der Waals surface area contributed by atoms with Gasteiger partial charge in [0.05, 0.1) is 18.4 Å². The van der Waals surface area contributed by atoms with Crippen molar-refractivity contribution in [3.63, 3.8) is 0 Å². The first-order valence-corrected chi connectivity index (χ1v) is 10.5. The van der Waals surface area contributed by atoms with Crippen LogP contribution in [0.2, 0.25) is 0 Å². The number of ether oxygens (including phenoxy) is 1. The van der Waals surface area contributed by atoms with Crippen molar-refractivity contribution in [1.82, 2.24) is 9.97 Å². The molecule has 0 spiro atoms. The van der Waals surface area contributed by atoms with Gasteiger partial charge in [-0.1, -0.05) is 11.8 Å². The molecule has 5 N–H and O–H groups in total. The van der Waals surface area contributed by atoms with E-state index >= 15 is 0 Å². The molecule has 0 saturated heterocycles. The molecule has 0 saturated carbocycles. The van der Waals surface area contributed by atoms with Gasteiger partial charge in [-0.3, -0.25) is 19.4 Å². The summed E-state index contributed by atoms with van der Waals surface area (Å²) in [6.45, 7) is 0. The maximum atomic E-state index is 12.7. The number of nitrogen functional groups attached to an aromatic ring is 1. The van der Waals surface area contributed by atoms with Crippen LogP contribution < -0.4 is 26.7 Å². The van der Waals surface area contributed by atoms with Gasteiger partial charge in [0.2, 0.25) is 5.91 Å². The molecule has 1 heterocycles. The Bertz CT molecular complexity index is 1250. The molecule has 3 aromatic rings. The maximum Gasteiger partial charge on any atom is 0.416 e. The van der Waals surface area contributed by atoms with Gasteiger partial charge in [0.15, 0.2) is 11.0 Å². The highest BCUT2D eigenvalue weighted by Gasteiger charge is 2.30. The van der Waals surface area contributed by atoms with Gasteiger partial charge in [-0.2, -0.15) is 13.2 Å². The number of aromatic amines is 1. The predicted molar refractivity (Wildman–Crippen MR) is 121 cm³/mol. The number of amides is 2. The van der Waals surface area contributed by atoms with Crippen molar-refractivity contribution >= 4 is 40.8 Å². The Kier molecular flexibility index (Phi) is 7.46. The lowest BCUT2D eigenvalue weighted by atomic mass is 10.1. The standard InChI is InChI=1S/C21H18F3N5O4S/c1-33-14-8-6-13(7-9-14)26-15(30)10-34-20-28-17(25)16(19(32)29-20)27-18(31)11-2-4-12(5-3-11)21(22,23)24/h2-9H,10H2,1H3,(H,26,30)(H,27,31)(H3,25,28,29,32). The molecule has 0 aliphatic carbocycles. The first kappa shape index (κ1) is 24.6. The normalized spacial score (nSPS) is 11.1. The third-order valence-electron chi connectivity index (χ3n) is 4.35. The van der Waals surface area contributed by atoms with Crippen LogP contribution in [0.1, 0.15) is 15.9 Å². The van der Waals surface area contributed by atoms with Crippen LogP contribution in [0.25, 0.3) is 0 Å². The summed E-state index contributed by atoms with van der Waals surface area (Å²) >= 11 is 0.909. The van der Waals surface area contributed by atoms with Gasteiger partial charge in [0.1, 0.15) is 11.4 Å². The smallest absolute Gasteiger partial charge is 0.416 e. The SMILES string of the molecule is COc1ccc(NC(=O)CSc2nc(N)c(NC(=O)c3ccc(C(F)(F)F)cc3)c(=O)[nH]2)cc1. The number of rotatable bonds is 7. The number of carbonyl (C=O) groups is 2. The van der Waals surface area contributed by atoms with Crippen molar-refractivity contribution in [2.75, 3.05) is 29.2 Å². The van der Waals surface area contributed by atoms with Crippen LogP contribution in [0.4, 0.5) is 30.4 Å². The number of anilines is 3. The number of nitrogens with two attached hydrogens (primary N) is 1. The summed E-state index contributed by atoms with van der Waals surface area (Å²) in [7, 11) is 1.52. The summed E-state index contributed by atoms with van der Waals surface area (Å²) in [5.41, 5.74) is 4.14. The zero-order valence-corrected chi connectivity index (χ0v) is 18.3. The number of benzene rings is 2. The molecular weight excluding hydrogens is 475 g/mol. The molecule has 0 radical (unpaired) electrons. The number of aromatic nitrogens is 2. The molecule has 3 rings (SSSR count). The predicted octanol–water partition coefficient (Wildman–Crippen LogP) is 3.36. The van der Waals surface area contributed by atoms with E-state index in [1.807, 2.05) is 0 Å². The van der Waals surface area contributed by atoms with Gasteiger partial charge in [-0.25, -0.2) is 4.98 Å². The zero-order valence-electron chi connectivity index (χ0n) is 17.5. The van der Waals surface area contributed by atoms with Crippen LogP contribution in [0, 0.1) is 0 Å². The topological polar surface area (TPSA) is 139 Å². The fraction of sp³-hybridized carbons (Fsp3) is 0.143. The molecule has 34 heavy (non-hydrogen) atoms. The molecule has 9 nitrogen and oxygen atoms in total. The van der Waals surface area contributed by atoms with E-state index in [1.165, 1.54) is 7.11 Å². The number of halogens is 3. The Labute approximate surface area is 194 Å². The fourth-order valence-electron chi connectivity index (χ4n) is 2.66. The van der Waals surface area contributed by atoms with Crippen LogP contribution in [0.5, 0.6) is 5.75 Å². The van der Waals surface area contributed by atoms with E-state index in [2.05, 4.69) is 20.6 Å². The number of carbonyl (C=O) groups excluding carboxylic acids is 2. The quantitative estimate of drug-likeness (QED) is 0.292. The molecule has 0 aliphatic rings. The first-order chi connectivity index (χ1) is 16.1. The van der Waals surface area contributed by atoms with Gasteiger partial charge >= 0.3 is 6.18 Å². The molecule has 1 aromatic heterocycles. The Morgan fingerprint density at radius 3 is 2.29 bits per heavy atom. The van der Waals surface area contributed by atoms with Crippen LogP contribution >= 0.6 is 11.8 Å². The van der Waals surface area contributed by atoms with E-state index in [4.69, 9.17) is 10.5 Å². The van der Waals surface area contributed by atoms with Crippen LogP contribution in [-0.2, 0) is 11.0 Å². The highest BCUT2D eigenvalue weighted by Crippen LogP contribution is 2.29. The lowest BCUT2D eigenvalue weighted by Gasteiger charge is -2.10. The van der Waals surface area contributed by atoms with Gasteiger partial charge in [0.25, 0.3) is 11.5 Å². The Morgan fingerprint density at radius 1 is 1.09 bits per heavy atom. The van der Waals surface area contributed by atoms with Crippen LogP contribution in [0.15, 0.2) is 58.5 Å². The van der Waals surface area contributed by atoms with E-state index in [1.54, 1.807) is 24.3 Å². The number of hydrogen-bond donors (Lipinski definition) is 4. The molecule has 2 amide bonds. The Hall–Kier alpha value is -4.00. The van der Waals surface area contributed by atoms with Gasteiger partial charge in [-0.05, 0) is 48.5 Å². The van der Waals surface area contributed by atoms with Crippen molar-refractivity contribution < 1.29 is 27.5 Å². The van der Waals surface area contributed by atoms with E-state index in [0.29, 0.717) is 11.4 Å². The van der Waals surface area contributed by atoms with Crippen LogP contribution in [0.3, 0.4) is 0 Å². The summed E-state index contributed by atoms with van der Waals surface area (Å²) in [6, 6.07) is 10.1. The number of nitrogens with zero attached hydrogens (tertiary/aromatic N) is 1. The molecule has 0 fully saturated rings. The molecule has 0 atom stereocenters. The van der Waals surface area contributed by atoms with Gasteiger partial charge in [-0.15, -0.1) is 0 Å². The largest absolute Gasteiger partial charge is 0.497 e. The summed E-state index contributed by atoms with van der Waals surface area (Å²) in [4.78, 5) is 43.1. The summed E-state index contributed by atoms with van der Waals surface area (Å²) in [5.74, 6) is -0.980. The minimum atomic E-state index is -4.54. The summed E-state index contributed by atoms with van der Waals surface area (Å²) in [5, 5.41) is 4.95. The second kappa shape index (κ2) is 10.3. The molecular formula is C21H18F3N5O4S. The monoisotopic (exact) mass is 493 g/mol. The van der Waals surface area contributed by atoms with Crippen LogP contribution in [-0.4, -0.2) is 34.6 Å². The number of hydrogen-bond acceptors (Lipinski definition) is 7. The second-order valence-corrected chi connectivity index (χ2v) is 7.69. The molecule has 178 valence electrons. The lowest BCUT2D eigenvalue weighted by molar-refractivity contribution is -0.137. The average molecular weight is 493 g/mol. The number of nitrogens with one attached hydrogen (secondary N) is 3. The zero-order chi connectivity index (χ0) is 24.9. The molecule has 0 unspecified atom stereocenters. The maximum absolute atomic E-state index is 12.7.